The zero-order valence-electron chi connectivity index (χ0n) is 12.0. The number of sulfonamides is 1. The molecular weight excluding hydrogens is 248 g/mol. The molecule has 0 aromatic carbocycles. The van der Waals surface area contributed by atoms with Crippen molar-refractivity contribution >= 4 is 10.0 Å². The van der Waals surface area contributed by atoms with Crippen LogP contribution < -0.4 is 5.73 Å². The second kappa shape index (κ2) is 6.35. The molecule has 1 fully saturated rings. The van der Waals surface area contributed by atoms with Gasteiger partial charge in [0.05, 0.1) is 5.25 Å². The van der Waals surface area contributed by atoms with Crippen LogP contribution in [0.4, 0.5) is 0 Å². The molecule has 0 atom stereocenters. The zero-order valence-corrected chi connectivity index (χ0v) is 12.8. The molecule has 0 aromatic heterocycles. The highest BCUT2D eigenvalue weighted by Crippen LogP contribution is 2.35. The van der Waals surface area contributed by atoms with Crippen molar-refractivity contribution in [2.45, 2.75) is 70.1 Å². The molecule has 0 aromatic rings. The van der Waals surface area contributed by atoms with Crippen LogP contribution in [0.1, 0.15) is 59.3 Å². The summed E-state index contributed by atoms with van der Waals surface area (Å²) in [6, 6.07) is 0. The lowest BCUT2D eigenvalue weighted by molar-refractivity contribution is 0.135. The maximum Gasteiger partial charge on any atom is 0.216 e. The summed E-state index contributed by atoms with van der Waals surface area (Å²) in [6.07, 6.45) is 6.04. The van der Waals surface area contributed by atoms with Crippen LogP contribution in [0.15, 0.2) is 0 Å². The molecule has 4 nitrogen and oxygen atoms in total. The Kier molecular flexibility index (Phi) is 5.62. The average molecular weight is 276 g/mol. The van der Waals surface area contributed by atoms with E-state index in [2.05, 4.69) is 0 Å². The summed E-state index contributed by atoms with van der Waals surface area (Å²) in [5.41, 5.74) is 5.64. The molecule has 1 saturated carbocycles. The lowest BCUT2D eigenvalue weighted by Gasteiger charge is -2.45. The van der Waals surface area contributed by atoms with Gasteiger partial charge in [-0.2, -0.15) is 4.31 Å². The highest BCUT2D eigenvalue weighted by Gasteiger charge is 2.43. The van der Waals surface area contributed by atoms with E-state index < -0.39 is 10.0 Å². The molecule has 0 unspecified atom stereocenters. The maximum absolute atomic E-state index is 12.6. The van der Waals surface area contributed by atoms with E-state index in [1.54, 1.807) is 18.2 Å². The fraction of sp³-hybridized carbons (Fsp3) is 1.00. The molecule has 1 rings (SSSR count). The summed E-state index contributed by atoms with van der Waals surface area (Å²) in [5.74, 6) is 0. The molecule has 2 N–H and O–H groups in total. The molecule has 1 aliphatic rings. The van der Waals surface area contributed by atoms with Gasteiger partial charge in [0.1, 0.15) is 0 Å². The summed E-state index contributed by atoms with van der Waals surface area (Å²) >= 11 is 0. The number of hydrogen-bond donors (Lipinski definition) is 1. The van der Waals surface area contributed by atoms with Crippen LogP contribution >= 0.6 is 0 Å². The largest absolute Gasteiger partial charge is 0.329 e. The van der Waals surface area contributed by atoms with Gasteiger partial charge >= 0.3 is 0 Å². The van der Waals surface area contributed by atoms with Crippen molar-refractivity contribution < 1.29 is 8.42 Å². The minimum Gasteiger partial charge on any atom is -0.329 e. The van der Waals surface area contributed by atoms with E-state index in [4.69, 9.17) is 5.73 Å². The summed E-state index contributed by atoms with van der Waals surface area (Å²) in [5, 5.41) is -0.366. The van der Waals surface area contributed by atoms with Crippen LogP contribution in [0.3, 0.4) is 0 Å². The van der Waals surface area contributed by atoms with Crippen molar-refractivity contribution in [1.82, 2.24) is 4.31 Å². The Labute approximate surface area is 112 Å². The van der Waals surface area contributed by atoms with Gasteiger partial charge in [-0.05, 0) is 33.1 Å². The number of nitrogens with zero attached hydrogens (tertiary/aromatic N) is 1. The van der Waals surface area contributed by atoms with E-state index >= 15 is 0 Å². The monoisotopic (exact) mass is 276 g/mol. The van der Waals surface area contributed by atoms with Crippen molar-refractivity contribution in [2.75, 3.05) is 13.1 Å². The van der Waals surface area contributed by atoms with Crippen LogP contribution in [0.2, 0.25) is 0 Å². The van der Waals surface area contributed by atoms with Crippen molar-refractivity contribution in [3.8, 4) is 0 Å². The van der Waals surface area contributed by atoms with Gasteiger partial charge in [-0.25, -0.2) is 8.42 Å². The van der Waals surface area contributed by atoms with Gasteiger partial charge in [-0.3, -0.25) is 0 Å². The zero-order chi connectivity index (χ0) is 13.8. The normalized spacial score (nSPS) is 20.6. The Morgan fingerprint density at radius 1 is 1.22 bits per heavy atom. The summed E-state index contributed by atoms with van der Waals surface area (Å²) < 4.78 is 26.8. The Morgan fingerprint density at radius 3 is 2.17 bits per heavy atom. The molecule has 5 heteroatoms. The standard InChI is InChI=1S/C13H28N2O2S/c1-4-10-15(18(16,17)12(2)3)13(11-14)8-6-5-7-9-13/h12H,4-11,14H2,1-3H3. The predicted octanol–water partition coefficient (Wildman–Crippen LogP) is 2.10. The Hall–Kier alpha value is -0.130. The SMILES string of the molecule is CCCN(C1(CN)CCCCC1)S(=O)(=O)C(C)C. The molecule has 18 heavy (non-hydrogen) atoms. The van der Waals surface area contributed by atoms with Gasteiger partial charge in [0, 0.05) is 18.6 Å². The molecule has 0 amide bonds. The van der Waals surface area contributed by atoms with Gasteiger partial charge < -0.3 is 5.73 Å². The first-order chi connectivity index (χ1) is 8.40. The summed E-state index contributed by atoms with van der Waals surface area (Å²) in [7, 11) is -3.22. The van der Waals surface area contributed by atoms with Crippen LogP contribution in [0, 0.1) is 0 Å². The van der Waals surface area contributed by atoms with Crippen LogP contribution in [-0.2, 0) is 10.0 Å². The topological polar surface area (TPSA) is 63.4 Å². The maximum atomic E-state index is 12.6. The van der Waals surface area contributed by atoms with Crippen LogP contribution in [0.25, 0.3) is 0 Å². The number of nitrogens with two attached hydrogens (primary N) is 1. The lowest BCUT2D eigenvalue weighted by atomic mass is 9.81. The molecular formula is C13H28N2O2S. The second-order valence-corrected chi connectivity index (χ2v) is 8.07. The van der Waals surface area contributed by atoms with Gasteiger partial charge in [0.2, 0.25) is 10.0 Å². The van der Waals surface area contributed by atoms with Crippen LogP contribution in [-0.4, -0.2) is 36.6 Å². The van der Waals surface area contributed by atoms with Crippen molar-refractivity contribution in [3.63, 3.8) is 0 Å². The van der Waals surface area contributed by atoms with Crippen LogP contribution in [0.5, 0.6) is 0 Å². The van der Waals surface area contributed by atoms with E-state index in [0.717, 1.165) is 32.1 Å². The van der Waals surface area contributed by atoms with Crippen molar-refractivity contribution in [3.05, 3.63) is 0 Å². The third-order valence-electron chi connectivity index (χ3n) is 4.02. The molecule has 0 spiro atoms. The van der Waals surface area contributed by atoms with Gasteiger partial charge in [0.15, 0.2) is 0 Å². The molecule has 0 aliphatic heterocycles. The summed E-state index contributed by atoms with van der Waals surface area (Å²) in [6.45, 7) is 6.57. The highest BCUT2D eigenvalue weighted by atomic mass is 32.2. The molecule has 0 saturated heterocycles. The molecule has 0 bridgehead atoms. The first kappa shape index (κ1) is 15.9. The van der Waals surface area contributed by atoms with Crippen molar-refractivity contribution in [2.24, 2.45) is 5.73 Å². The summed E-state index contributed by atoms with van der Waals surface area (Å²) in [4.78, 5) is 0. The van der Waals surface area contributed by atoms with Gasteiger partial charge in [-0.1, -0.05) is 26.2 Å². The minimum atomic E-state index is -3.22. The van der Waals surface area contributed by atoms with Gasteiger partial charge in [-0.15, -0.1) is 0 Å². The van der Waals surface area contributed by atoms with Crippen molar-refractivity contribution in [1.29, 1.82) is 0 Å². The number of hydrogen-bond acceptors (Lipinski definition) is 3. The molecule has 1 aliphatic carbocycles. The second-order valence-electron chi connectivity index (χ2n) is 5.65. The minimum absolute atomic E-state index is 0.322. The molecule has 0 heterocycles. The quantitative estimate of drug-likeness (QED) is 0.808. The predicted molar refractivity (Wildman–Crippen MR) is 75.9 cm³/mol. The molecule has 108 valence electrons. The third kappa shape index (κ3) is 3.06. The first-order valence-corrected chi connectivity index (χ1v) is 8.63. The fourth-order valence-corrected chi connectivity index (χ4v) is 4.60. The van der Waals surface area contributed by atoms with E-state index in [1.165, 1.54) is 6.42 Å². The smallest absolute Gasteiger partial charge is 0.216 e. The average Bonchev–Trinajstić information content (AvgIpc) is 2.36. The Bertz CT molecular complexity index is 346. The third-order valence-corrected chi connectivity index (χ3v) is 6.40. The highest BCUT2D eigenvalue weighted by molar-refractivity contribution is 7.89. The van der Waals surface area contributed by atoms with E-state index in [1.807, 2.05) is 6.92 Å². The first-order valence-electron chi connectivity index (χ1n) is 7.12. The van der Waals surface area contributed by atoms with E-state index in [9.17, 15) is 8.42 Å². The Morgan fingerprint density at radius 2 is 1.78 bits per heavy atom. The number of rotatable bonds is 6. The molecule has 0 radical (unpaired) electrons. The Balaban J connectivity index is 3.09. The lowest BCUT2D eigenvalue weighted by Crippen LogP contribution is -2.58. The van der Waals surface area contributed by atoms with E-state index in [-0.39, 0.29) is 10.8 Å². The van der Waals surface area contributed by atoms with Gasteiger partial charge in [0.25, 0.3) is 0 Å². The fourth-order valence-electron chi connectivity index (χ4n) is 2.86. The van der Waals surface area contributed by atoms with E-state index in [0.29, 0.717) is 13.1 Å².